The van der Waals surface area contributed by atoms with E-state index in [2.05, 4.69) is 10.3 Å². The molecule has 1 aromatic heterocycles. The van der Waals surface area contributed by atoms with Crippen molar-refractivity contribution < 1.29 is 14.3 Å². The van der Waals surface area contributed by atoms with Crippen molar-refractivity contribution in [1.29, 1.82) is 0 Å². The number of nitrogens with one attached hydrogen (secondary N) is 1. The largest absolute Gasteiger partial charge is 0.452 e. The predicted molar refractivity (Wildman–Crippen MR) is 101 cm³/mol. The van der Waals surface area contributed by atoms with Crippen LogP contribution in [0.3, 0.4) is 0 Å². The smallest absolute Gasteiger partial charge is 0.341 e. The molecule has 1 N–H and O–H groups in total. The molecular formula is C17H17ClN2O3S2. The zero-order valence-electron chi connectivity index (χ0n) is 13.5. The quantitative estimate of drug-likeness (QED) is 0.418. The molecule has 25 heavy (non-hydrogen) atoms. The number of halogens is 1. The minimum Gasteiger partial charge on any atom is -0.452 e. The Morgan fingerprint density at radius 3 is 2.72 bits per heavy atom. The minimum absolute atomic E-state index is 0.312. The molecule has 0 bridgehead atoms. The van der Waals surface area contributed by atoms with Crippen LogP contribution in [0.2, 0.25) is 5.02 Å². The number of benzene rings is 1. The number of thioether (sulfide) groups is 2. The highest BCUT2D eigenvalue weighted by molar-refractivity contribution is 7.99. The second kappa shape index (κ2) is 10.3. The fourth-order valence-electron chi connectivity index (χ4n) is 1.86. The summed E-state index contributed by atoms with van der Waals surface area (Å²) in [5.74, 6) is -0.177. The van der Waals surface area contributed by atoms with Gasteiger partial charge in [0.1, 0.15) is 5.03 Å². The van der Waals surface area contributed by atoms with Gasteiger partial charge in [0.15, 0.2) is 6.61 Å². The average molecular weight is 397 g/mol. The molecule has 1 heterocycles. The highest BCUT2D eigenvalue weighted by Gasteiger charge is 2.14. The third kappa shape index (κ3) is 6.61. The number of pyridine rings is 1. The van der Waals surface area contributed by atoms with Gasteiger partial charge >= 0.3 is 5.97 Å². The molecule has 0 radical (unpaired) electrons. The van der Waals surface area contributed by atoms with Gasteiger partial charge in [0.05, 0.1) is 5.56 Å². The van der Waals surface area contributed by atoms with Crippen molar-refractivity contribution >= 4 is 47.0 Å². The van der Waals surface area contributed by atoms with Crippen molar-refractivity contribution in [2.24, 2.45) is 0 Å². The van der Waals surface area contributed by atoms with Crippen molar-refractivity contribution in [3.63, 3.8) is 0 Å². The summed E-state index contributed by atoms with van der Waals surface area (Å²) in [5, 5.41) is 3.98. The molecule has 0 atom stereocenters. The lowest BCUT2D eigenvalue weighted by Gasteiger charge is -2.08. The van der Waals surface area contributed by atoms with Crippen LogP contribution in [0.25, 0.3) is 0 Å². The van der Waals surface area contributed by atoms with Gasteiger partial charge in [0, 0.05) is 28.4 Å². The zero-order valence-corrected chi connectivity index (χ0v) is 15.9. The van der Waals surface area contributed by atoms with E-state index in [-0.39, 0.29) is 12.5 Å². The van der Waals surface area contributed by atoms with E-state index in [0.29, 0.717) is 27.9 Å². The van der Waals surface area contributed by atoms with E-state index in [9.17, 15) is 9.59 Å². The van der Waals surface area contributed by atoms with Crippen LogP contribution in [-0.2, 0) is 9.53 Å². The molecule has 0 saturated carbocycles. The van der Waals surface area contributed by atoms with Gasteiger partial charge in [-0.2, -0.15) is 0 Å². The number of carbonyl (C=O) groups excluding carboxylic acids is 2. The SMILES string of the molecule is CSc1ncccc1C(=O)OCC(=O)NCCSc1ccc(Cl)cc1. The number of hydrogen-bond acceptors (Lipinski definition) is 6. The van der Waals surface area contributed by atoms with Crippen LogP contribution in [0, 0.1) is 0 Å². The fraction of sp³-hybridized carbons (Fsp3) is 0.235. The van der Waals surface area contributed by atoms with E-state index in [1.54, 1.807) is 30.1 Å². The van der Waals surface area contributed by atoms with Gasteiger partial charge in [0.25, 0.3) is 5.91 Å². The van der Waals surface area contributed by atoms with E-state index in [0.717, 1.165) is 4.90 Å². The molecule has 2 rings (SSSR count). The zero-order chi connectivity index (χ0) is 18.1. The first-order valence-corrected chi connectivity index (χ1v) is 10.00. The lowest BCUT2D eigenvalue weighted by Crippen LogP contribution is -2.30. The summed E-state index contributed by atoms with van der Waals surface area (Å²) in [6.45, 7) is 0.166. The Morgan fingerprint density at radius 2 is 2.00 bits per heavy atom. The molecular weight excluding hydrogens is 380 g/mol. The van der Waals surface area contributed by atoms with Crippen LogP contribution in [0.4, 0.5) is 0 Å². The lowest BCUT2D eigenvalue weighted by molar-refractivity contribution is -0.124. The fourth-order valence-corrected chi connectivity index (χ4v) is 3.29. The Balaban J connectivity index is 1.68. The minimum atomic E-state index is -0.553. The van der Waals surface area contributed by atoms with Gasteiger partial charge in [-0.15, -0.1) is 23.5 Å². The monoisotopic (exact) mass is 396 g/mol. The highest BCUT2D eigenvalue weighted by atomic mass is 35.5. The van der Waals surface area contributed by atoms with Crippen LogP contribution in [0.5, 0.6) is 0 Å². The van der Waals surface area contributed by atoms with E-state index in [1.807, 2.05) is 30.5 Å². The third-order valence-electron chi connectivity index (χ3n) is 3.03. The van der Waals surface area contributed by atoms with Crippen molar-refractivity contribution in [3.8, 4) is 0 Å². The maximum atomic E-state index is 12.0. The maximum absolute atomic E-state index is 12.0. The van der Waals surface area contributed by atoms with Crippen molar-refractivity contribution in [3.05, 3.63) is 53.2 Å². The lowest BCUT2D eigenvalue weighted by atomic mass is 10.3. The van der Waals surface area contributed by atoms with Crippen LogP contribution in [0.1, 0.15) is 10.4 Å². The normalized spacial score (nSPS) is 10.3. The summed E-state index contributed by atoms with van der Waals surface area (Å²) in [6, 6.07) is 10.8. The average Bonchev–Trinajstić information content (AvgIpc) is 2.64. The molecule has 0 unspecified atom stereocenters. The summed E-state index contributed by atoms with van der Waals surface area (Å²) in [5.41, 5.74) is 0.362. The number of hydrogen-bond donors (Lipinski definition) is 1. The Labute approximate surface area is 159 Å². The van der Waals surface area contributed by atoms with Crippen molar-refractivity contribution in [1.82, 2.24) is 10.3 Å². The van der Waals surface area contributed by atoms with Gasteiger partial charge < -0.3 is 10.1 Å². The predicted octanol–water partition coefficient (Wildman–Crippen LogP) is 3.52. The molecule has 0 fully saturated rings. The molecule has 0 saturated heterocycles. The Morgan fingerprint density at radius 1 is 1.24 bits per heavy atom. The highest BCUT2D eigenvalue weighted by Crippen LogP contribution is 2.19. The van der Waals surface area contributed by atoms with E-state index in [1.165, 1.54) is 11.8 Å². The van der Waals surface area contributed by atoms with Crippen LogP contribution < -0.4 is 5.32 Å². The molecule has 0 aliphatic heterocycles. The Bertz CT molecular complexity index is 726. The summed E-state index contributed by atoms with van der Waals surface area (Å²) in [7, 11) is 0. The van der Waals surface area contributed by atoms with Crippen molar-refractivity contribution in [2.45, 2.75) is 9.92 Å². The number of carbonyl (C=O) groups is 2. The van der Waals surface area contributed by atoms with Gasteiger partial charge in [-0.1, -0.05) is 11.6 Å². The molecule has 2 aromatic rings. The van der Waals surface area contributed by atoms with E-state index in [4.69, 9.17) is 16.3 Å². The molecule has 1 amide bonds. The molecule has 5 nitrogen and oxygen atoms in total. The maximum Gasteiger partial charge on any atom is 0.341 e. The molecule has 0 aliphatic carbocycles. The molecule has 8 heteroatoms. The summed E-state index contributed by atoms with van der Waals surface area (Å²) in [6.07, 6.45) is 3.43. The number of ether oxygens (including phenoxy) is 1. The first-order chi connectivity index (χ1) is 12.1. The van der Waals surface area contributed by atoms with E-state index >= 15 is 0 Å². The third-order valence-corrected chi connectivity index (χ3v) is 5.00. The Hall–Kier alpha value is -1.70. The first-order valence-electron chi connectivity index (χ1n) is 7.41. The van der Waals surface area contributed by atoms with Crippen LogP contribution in [0.15, 0.2) is 52.5 Å². The summed E-state index contributed by atoms with van der Waals surface area (Å²) < 4.78 is 5.04. The van der Waals surface area contributed by atoms with Gasteiger partial charge in [-0.25, -0.2) is 9.78 Å². The number of nitrogens with zero attached hydrogens (tertiary/aromatic N) is 1. The van der Waals surface area contributed by atoms with Gasteiger partial charge in [-0.05, 0) is 42.7 Å². The summed E-state index contributed by atoms with van der Waals surface area (Å²) >= 11 is 8.78. The van der Waals surface area contributed by atoms with Gasteiger partial charge in [0.2, 0.25) is 0 Å². The second-order valence-corrected chi connectivity index (χ2v) is 7.19. The summed E-state index contributed by atoms with van der Waals surface area (Å²) in [4.78, 5) is 28.9. The second-order valence-electron chi connectivity index (χ2n) is 4.79. The number of rotatable bonds is 8. The van der Waals surface area contributed by atoms with Crippen molar-refractivity contribution in [2.75, 3.05) is 25.2 Å². The molecule has 0 spiro atoms. The first kappa shape index (κ1) is 19.6. The molecule has 132 valence electrons. The van der Waals surface area contributed by atoms with Crippen LogP contribution in [-0.4, -0.2) is 42.0 Å². The number of esters is 1. The molecule has 1 aromatic carbocycles. The van der Waals surface area contributed by atoms with Crippen LogP contribution >= 0.6 is 35.1 Å². The Kier molecular flexibility index (Phi) is 8.11. The van der Waals surface area contributed by atoms with E-state index < -0.39 is 5.97 Å². The number of amides is 1. The molecule has 0 aliphatic rings. The standard InChI is InChI=1S/C17H17ClN2O3S2/c1-24-16-14(3-2-8-20-16)17(22)23-11-15(21)19-9-10-25-13-6-4-12(18)5-7-13/h2-8H,9-11H2,1H3,(H,19,21). The van der Waals surface area contributed by atoms with Gasteiger partial charge in [-0.3, -0.25) is 4.79 Å². The topological polar surface area (TPSA) is 68.3 Å². The number of aromatic nitrogens is 1.